The summed E-state index contributed by atoms with van der Waals surface area (Å²) in [6.45, 7) is 0. The molecule has 1 unspecified atom stereocenters. The molecular formula is C12H15NO2S. The number of phenols is 1. The van der Waals surface area contributed by atoms with Gasteiger partial charge in [-0.1, -0.05) is 6.42 Å². The fourth-order valence-corrected chi connectivity index (χ4v) is 2.91. The number of anilines is 1. The second kappa shape index (κ2) is 5.25. The largest absolute Gasteiger partial charge is 0.508 e. The fraction of sp³-hybridized carbons (Fsp3) is 0.417. The summed E-state index contributed by atoms with van der Waals surface area (Å²) in [6.07, 6.45) is 3.32. The topological polar surface area (TPSA) is 49.3 Å². The lowest BCUT2D eigenvalue weighted by molar-refractivity contribution is -0.115. The second-order valence-electron chi connectivity index (χ2n) is 3.89. The van der Waals surface area contributed by atoms with Gasteiger partial charge < -0.3 is 10.4 Å². The molecule has 1 aliphatic heterocycles. The first-order chi connectivity index (χ1) is 7.75. The molecule has 1 heterocycles. The van der Waals surface area contributed by atoms with E-state index >= 15 is 0 Å². The number of amides is 1. The van der Waals surface area contributed by atoms with E-state index in [-0.39, 0.29) is 16.9 Å². The van der Waals surface area contributed by atoms with Crippen molar-refractivity contribution in [1.82, 2.24) is 0 Å². The predicted octanol–water partition coefficient (Wildman–Crippen LogP) is 2.62. The molecule has 1 aromatic carbocycles. The molecule has 1 amide bonds. The van der Waals surface area contributed by atoms with Gasteiger partial charge in [-0.05, 0) is 42.9 Å². The minimum absolute atomic E-state index is 0.0791. The molecule has 16 heavy (non-hydrogen) atoms. The monoisotopic (exact) mass is 237 g/mol. The molecule has 1 aromatic rings. The van der Waals surface area contributed by atoms with Crippen LogP contribution in [0.2, 0.25) is 0 Å². The number of aromatic hydroxyl groups is 1. The average molecular weight is 237 g/mol. The van der Waals surface area contributed by atoms with Crippen LogP contribution in [-0.2, 0) is 4.79 Å². The first-order valence-electron chi connectivity index (χ1n) is 5.47. The van der Waals surface area contributed by atoms with E-state index in [2.05, 4.69) is 5.32 Å². The standard InChI is InChI=1S/C12H15NO2S/c14-10-6-4-9(5-7-10)13-12(15)11-3-1-2-8-16-11/h4-7,11,14H,1-3,8H2,(H,13,15). The minimum atomic E-state index is 0.0791. The van der Waals surface area contributed by atoms with Crippen molar-refractivity contribution in [1.29, 1.82) is 0 Å². The lowest BCUT2D eigenvalue weighted by Crippen LogP contribution is -2.27. The smallest absolute Gasteiger partial charge is 0.237 e. The molecule has 1 aliphatic rings. The normalized spacial score (nSPS) is 20.4. The van der Waals surface area contributed by atoms with Crippen molar-refractivity contribution in [2.75, 3.05) is 11.1 Å². The summed E-state index contributed by atoms with van der Waals surface area (Å²) >= 11 is 1.73. The van der Waals surface area contributed by atoms with Crippen molar-refractivity contribution in [3.63, 3.8) is 0 Å². The number of benzene rings is 1. The van der Waals surface area contributed by atoms with Crippen molar-refractivity contribution in [3.8, 4) is 5.75 Å². The Labute approximate surface area is 99.2 Å². The van der Waals surface area contributed by atoms with Crippen LogP contribution in [0.1, 0.15) is 19.3 Å². The summed E-state index contributed by atoms with van der Waals surface area (Å²) in [5.41, 5.74) is 0.744. The number of carbonyl (C=O) groups excluding carboxylic acids is 1. The summed E-state index contributed by atoms with van der Waals surface area (Å²) in [5.74, 6) is 1.37. The van der Waals surface area contributed by atoms with E-state index in [1.165, 1.54) is 6.42 Å². The van der Waals surface area contributed by atoms with E-state index in [1.54, 1.807) is 36.0 Å². The zero-order valence-electron chi connectivity index (χ0n) is 8.98. The van der Waals surface area contributed by atoms with Crippen LogP contribution in [0.15, 0.2) is 24.3 Å². The maximum absolute atomic E-state index is 11.9. The molecule has 1 atom stereocenters. The highest BCUT2D eigenvalue weighted by molar-refractivity contribution is 8.00. The third kappa shape index (κ3) is 2.92. The molecule has 86 valence electrons. The van der Waals surface area contributed by atoms with Gasteiger partial charge in [0.25, 0.3) is 0 Å². The number of hydrogen-bond donors (Lipinski definition) is 2. The molecule has 0 saturated carbocycles. The van der Waals surface area contributed by atoms with Gasteiger partial charge in [-0.25, -0.2) is 0 Å². The summed E-state index contributed by atoms with van der Waals surface area (Å²) in [7, 11) is 0. The van der Waals surface area contributed by atoms with Gasteiger partial charge in [0, 0.05) is 5.69 Å². The van der Waals surface area contributed by atoms with Gasteiger partial charge in [0.05, 0.1) is 5.25 Å². The zero-order chi connectivity index (χ0) is 11.4. The maximum Gasteiger partial charge on any atom is 0.237 e. The first-order valence-corrected chi connectivity index (χ1v) is 6.52. The first kappa shape index (κ1) is 11.3. The molecule has 0 spiro atoms. The molecule has 0 aliphatic carbocycles. The summed E-state index contributed by atoms with van der Waals surface area (Å²) in [5, 5.41) is 12.1. The highest BCUT2D eigenvalue weighted by Gasteiger charge is 2.21. The van der Waals surface area contributed by atoms with Crippen molar-refractivity contribution < 1.29 is 9.90 Å². The third-order valence-electron chi connectivity index (χ3n) is 2.61. The molecule has 3 nitrogen and oxygen atoms in total. The number of phenolic OH excluding ortho intramolecular Hbond substituents is 1. The number of carbonyl (C=O) groups is 1. The second-order valence-corrected chi connectivity index (χ2v) is 5.20. The van der Waals surface area contributed by atoms with Gasteiger partial charge in [-0.2, -0.15) is 0 Å². The van der Waals surface area contributed by atoms with Crippen molar-refractivity contribution in [2.24, 2.45) is 0 Å². The van der Waals surface area contributed by atoms with Gasteiger partial charge in [0.1, 0.15) is 5.75 Å². The number of hydrogen-bond acceptors (Lipinski definition) is 3. The van der Waals surface area contributed by atoms with Crippen molar-refractivity contribution in [2.45, 2.75) is 24.5 Å². The van der Waals surface area contributed by atoms with Gasteiger partial charge in [0.2, 0.25) is 5.91 Å². The number of rotatable bonds is 2. The molecule has 1 fully saturated rings. The summed E-state index contributed by atoms with van der Waals surface area (Å²) in [4.78, 5) is 11.9. The van der Waals surface area contributed by atoms with Crippen LogP contribution in [0, 0.1) is 0 Å². The average Bonchev–Trinajstić information content (AvgIpc) is 2.33. The van der Waals surface area contributed by atoms with E-state index in [4.69, 9.17) is 5.11 Å². The Hall–Kier alpha value is -1.16. The quantitative estimate of drug-likeness (QED) is 0.777. The molecule has 1 saturated heterocycles. The highest BCUT2D eigenvalue weighted by Crippen LogP contribution is 2.26. The Morgan fingerprint density at radius 2 is 2.06 bits per heavy atom. The van der Waals surface area contributed by atoms with Gasteiger partial charge in [-0.15, -0.1) is 11.8 Å². The van der Waals surface area contributed by atoms with Crippen molar-refractivity contribution >= 4 is 23.4 Å². The van der Waals surface area contributed by atoms with E-state index < -0.39 is 0 Å². The van der Waals surface area contributed by atoms with Gasteiger partial charge in [-0.3, -0.25) is 4.79 Å². The van der Waals surface area contributed by atoms with Crippen molar-refractivity contribution in [3.05, 3.63) is 24.3 Å². The molecule has 2 rings (SSSR count). The van der Waals surface area contributed by atoms with Crippen LogP contribution in [-0.4, -0.2) is 22.0 Å². The minimum Gasteiger partial charge on any atom is -0.508 e. The van der Waals surface area contributed by atoms with Crippen LogP contribution in [0.5, 0.6) is 5.75 Å². The maximum atomic E-state index is 11.9. The number of thioether (sulfide) groups is 1. The lowest BCUT2D eigenvalue weighted by Gasteiger charge is -2.20. The lowest BCUT2D eigenvalue weighted by atomic mass is 10.2. The molecule has 0 radical (unpaired) electrons. The van der Waals surface area contributed by atoms with E-state index in [0.29, 0.717) is 0 Å². The Morgan fingerprint density at radius 1 is 1.31 bits per heavy atom. The molecule has 4 heteroatoms. The van der Waals surface area contributed by atoms with Gasteiger partial charge in [0.15, 0.2) is 0 Å². The van der Waals surface area contributed by atoms with Gasteiger partial charge >= 0.3 is 0 Å². The number of nitrogens with one attached hydrogen (secondary N) is 1. The molecule has 0 aromatic heterocycles. The van der Waals surface area contributed by atoms with Crippen LogP contribution in [0.25, 0.3) is 0 Å². The Balaban J connectivity index is 1.93. The van der Waals surface area contributed by atoms with Crippen LogP contribution in [0.3, 0.4) is 0 Å². The van der Waals surface area contributed by atoms with E-state index in [1.807, 2.05) is 0 Å². The van der Waals surface area contributed by atoms with Crippen LogP contribution < -0.4 is 5.32 Å². The SMILES string of the molecule is O=C(Nc1ccc(O)cc1)C1CCCCS1. The fourth-order valence-electron chi connectivity index (χ4n) is 1.72. The third-order valence-corrected chi connectivity index (χ3v) is 3.98. The van der Waals surface area contributed by atoms with Crippen LogP contribution >= 0.6 is 11.8 Å². The molecule has 0 bridgehead atoms. The Kier molecular flexibility index (Phi) is 3.72. The van der Waals surface area contributed by atoms with E-state index in [9.17, 15) is 4.79 Å². The molecular weight excluding hydrogens is 222 g/mol. The zero-order valence-corrected chi connectivity index (χ0v) is 9.80. The summed E-state index contributed by atoms with van der Waals surface area (Å²) < 4.78 is 0. The highest BCUT2D eigenvalue weighted by atomic mass is 32.2. The van der Waals surface area contributed by atoms with Crippen LogP contribution in [0.4, 0.5) is 5.69 Å². The Morgan fingerprint density at radius 3 is 2.69 bits per heavy atom. The van der Waals surface area contributed by atoms with E-state index in [0.717, 1.165) is 24.3 Å². The summed E-state index contributed by atoms with van der Waals surface area (Å²) in [6, 6.07) is 6.56. The predicted molar refractivity (Wildman–Crippen MR) is 66.8 cm³/mol. The molecule has 2 N–H and O–H groups in total. The Bertz CT molecular complexity index is 358.